The summed E-state index contributed by atoms with van der Waals surface area (Å²) in [4.78, 5) is 10.8. The zero-order chi connectivity index (χ0) is 16.2. The zero-order valence-corrected chi connectivity index (χ0v) is 12.3. The third-order valence-electron chi connectivity index (χ3n) is 2.97. The van der Waals surface area contributed by atoms with Crippen molar-refractivity contribution in [2.24, 2.45) is 0 Å². The maximum absolute atomic E-state index is 13.0. The van der Waals surface area contributed by atoms with Crippen molar-refractivity contribution in [2.45, 2.75) is 11.3 Å². The highest BCUT2D eigenvalue weighted by Crippen LogP contribution is 2.24. The topological polar surface area (TPSA) is 74.7 Å². The molecule has 0 aliphatic heterocycles. The lowest BCUT2D eigenvalue weighted by Crippen LogP contribution is -2.33. The predicted octanol–water partition coefficient (Wildman–Crippen LogP) is 2.50. The summed E-state index contributed by atoms with van der Waals surface area (Å²) in [6.07, 6.45) is -0.358. The number of nitrogens with zero attached hydrogens (tertiary/aromatic N) is 1. The Hall–Kier alpha value is -2.41. The Morgan fingerprint density at radius 2 is 1.64 bits per heavy atom. The summed E-state index contributed by atoms with van der Waals surface area (Å²) in [5.74, 6) is -1.62. The van der Waals surface area contributed by atoms with Gasteiger partial charge in [-0.25, -0.2) is 12.8 Å². The molecular weight excluding hydrogens is 309 g/mol. The number of anilines is 1. The first kappa shape index (κ1) is 16.0. The SMILES string of the molecule is O=C(O)CCN(c1ccc(F)cc1)S(=O)(=O)c1ccccc1. The minimum Gasteiger partial charge on any atom is -0.481 e. The Bertz CT molecular complexity index is 745. The number of carboxylic acid groups (broad SMARTS) is 1. The van der Waals surface area contributed by atoms with Crippen molar-refractivity contribution < 1.29 is 22.7 Å². The fourth-order valence-corrected chi connectivity index (χ4v) is 3.40. The van der Waals surface area contributed by atoms with E-state index in [1.165, 1.54) is 24.3 Å². The van der Waals surface area contributed by atoms with Gasteiger partial charge in [0.2, 0.25) is 0 Å². The molecule has 0 atom stereocenters. The summed E-state index contributed by atoms with van der Waals surface area (Å²) in [6, 6.07) is 12.5. The van der Waals surface area contributed by atoms with Gasteiger partial charge in [-0.3, -0.25) is 9.10 Å². The summed E-state index contributed by atoms with van der Waals surface area (Å²) in [5, 5.41) is 8.81. The Kier molecular flexibility index (Phi) is 4.77. The maximum atomic E-state index is 13.0. The van der Waals surface area contributed by atoms with Crippen LogP contribution in [0.4, 0.5) is 10.1 Å². The van der Waals surface area contributed by atoms with Crippen LogP contribution in [-0.2, 0) is 14.8 Å². The molecule has 2 rings (SSSR count). The summed E-state index contributed by atoms with van der Waals surface area (Å²) >= 11 is 0. The van der Waals surface area contributed by atoms with Crippen molar-refractivity contribution in [3.8, 4) is 0 Å². The Morgan fingerprint density at radius 1 is 1.05 bits per heavy atom. The van der Waals surface area contributed by atoms with E-state index in [0.29, 0.717) is 0 Å². The smallest absolute Gasteiger partial charge is 0.305 e. The van der Waals surface area contributed by atoms with Gasteiger partial charge in [-0.1, -0.05) is 18.2 Å². The second kappa shape index (κ2) is 6.57. The second-order valence-corrected chi connectivity index (χ2v) is 6.37. The van der Waals surface area contributed by atoms with E-state index in [-0.39, 0.29) is 23.5 Å². The van der Waals surface area contributed by atoms with Gasteiger partial charge in [0, 0.05) is 6.54 Å². The standard InChI is InChI=1S/C15H14FNO4S/c16-12-6-8-13(9-7-12)17(11-10-15(18)19)22(20,21)14-4-2-1-3-5-14/h1-9H,10-11H2,(H,18,19). The summed E-state index contributed by atoms with van der Waals surface area (Å²) in [7, 11) is -3.92. The van der Waals surface area contributed by atoms with E-state index < -0.39 is 21.8 Å². The lowest BCUT2D eigenvalue weighted by atomic mass is 10.3. The highest BCUT2D eigenvalue weighted by atomic mass is 32.2. The third kappa shape index (κ3) is 3.62. The van der Waals surface area contributed by atoms with Crippen LogP contribution in [0.25, 0.3) is 0 Å². The fraction of sp³-hybridized carbons (Fsp3) is 0.133. The molecule has 7 heteroatoms. The van der Waals surface area contributed by atoms with Crippen LogP contribution in [0.5, 0.6) is 0 Å². The molecule has 0 fully saturated rings. The number of hydrogen-bond acceptors (Lipinski definition) is 3. The van der Waals surface area contributed by atoms with Crippen molar-refractivity contribution in [3.63, 3.8) is 0 Å². The van der Waals surface area contributed by atoms with Gasteiger partial charge in [0.05, 0.1) is 17.0 Å². The highest BCUT2D eigenvalue weighted by molar-refractivity contribution is 7.92. The molecule has 0 aromatic heterocycles. The van der Waals surface area contributed by atoms with Crippen molar-refractivity contribution in [1.29, 1.82) is 0 Å². The van der Waals surface area contributed by atoms with Crippen molar-refractivity contribution in [1.82, 2.24) is 0 Å². The molecule has 2 aromatic carbocycles. The molecule has 2 aromatic rings. The fourth-order valence-electron chi connectivity index (χ4n) is 1.91. The first-order valence-electron chi connectivity index (χ1n) is 6.46. The molecule has 0 amide bonds. The van der Waals surface area contributed by atoms with Crippen LogP contribution in [0.2, 0.25) is 0 Å². The molecule has 0 aliphatic rings. The Balaban J connectivity index is 2.43. The van der Waals surface area contributed by atoms with Crippen LogP contribution in [0.3, 0.4) is 0 Å². The molecule has 22 heavy (non-hydrogen) atoms. The molecule has 0 spiro atoms. The van der Waals surface area contributed by atoms with Gasteiger partial charge in [0.1, 0.15) is 5.82 Å². The number of sulfonamides is 1. The normalized spacial score (nSPS) is 11.1. The lowest BCUT2D eigenvalue weighted by molar-refractivity contribution is -0.136. The lowest BCUT2D eigenvalue weighted by Gasteiger charge is -2.24. The van der Waals surface area contributed by atoms with E-state index in [1.54, 1.807) is 18.2 Å². The number of carboxylic acids is 1. The quantitative estimate of drug-likeness (QED) is 0.886. The van der Waals surface area contributed by atoms with Crippen LogP contribution in [0, 0.1) is 5.82 Å². The molecular formula is C15H14FNO4S. The van der Waals surface area contributed by atoms with Gasteiger partial charge in [0.25, 0.3) is 10.0 Å². The molecule has 0 radical (unpaired) electrons. The Labute approximate surface area is 127 Å². The van der Waals surface area contributed by atoms with E-state index in [4.69, 9.17) is 5.11 Å². The summed E-state index contributed by atoms with van der Waals surface area (Å²) in [5.41, 5.74) is 0.214. The molecule has 1 N–H and O–H groups in total. The second-order valence-electron chi connectivity index (χ2n) is 4.51. The largest absolute Gasteiger partial charge is 0.481 e. The van der Waals surface area contributed by atoms with Crippen LogP contribution in [0.1, 0.15) is 6.42 Å². The van der Waals surface area contributed by atoms with E-state index in [1.807, 2.05) is 0 Å². The van der Waals surface area contributed by atoms with Crippen LogP contribution in [-0.4, -0.2) is 26.0 Å². The van der Waals surface area contributed by atoms with E-state index >= 15 is 0 Å². The first-order valence-corrected chi connectivity index (χ1v) is 7.90. The summed E-state index contributed by atoms with van der Waals surface area (Å²) in [6.45, 7) is -0.238. The molecule has 0 saturated carbocycles. The number of benzene rings is 2. The van der Waals surface area contributed by atoms with Crippen molar-refractivity contribution >= 4 is 21.7 Å². The van der Waals surface area contributed by atoms with Crippen LogP contribution >= 0.6 is 0 Å². The Morgan fingerprint density at radius 3 is 2.18 bits per heavy atom. The average Bonchev–Trinajstić information content (AvgIpc) is 2.49. The van der Waals surface area contributed by atoms with Gasteiger partial charge >= 0.3 is 5.97 Å². The van der Waals surface area contributed by atoms with E-state index in [0.717, 1.165) is 16.4 Å². The molecule has 0 heterocycles. The van der Waals surface area contributed by atoms with Gasteiger partial charge < -0.3 is 5.11 Å². The molecule has 0 saturated heterocycles. The number of rotatable bonds is 6. The third-order valence-corrected chi connectivity index (χ3v) is 4.82. The minimum atomic E-state index is -3.92. The molecule has 0 unspecified atom stereocenters. The average molecular weight is 323 g/mol. The molecule has 0 aliphatic carbocycles. The number of halogens is 1. The number of hydrogen-bond donors (Lipinski definition) is 1. The van der Waals surface area contributed by atoms with Crippen LogP contribution < -0.4 is 4.31 Å². The number of aliphatic carboxylic acids is 1. The van der Waals surface area contributed by atoms with Gasteiger partial charge in [-0.05, 0) is 36.4 Å². The van der Waals surface area contributed by atoms with Gasteiger partial charge in [0.15, 0.2) is 0 Å². The first-order chi connectivity index (χ1) is 10.4. The minimum absolute atomic E-state index is 0.0460. The highest BCUT2D eigenvalue weighted by Gasteiger charge is 2.25. The summed E-state index contributed by atoms with van der Waals surface area (Å²) < 4.78 is 39.3. The van der Waals surface area contributed by atoms with Gasteiger partial charge in [-0.15, -0.1) is 0 Å². The zero-order valence-electron chi connectivity index (χ0n) is 11.5. The molecule has 116 valence electrons. The van der Waals surface area contributed by atoms with Gasteiger partial charge in [-0.2, -0.15) is 0 Å². The molecule has 5 nitrogen and oxygen atoms in total. The van der Waals surface area contributed by atoms with E-state index in [2.05, 4.69) is 0 Å². The number of carbonyl (C=O) groups is 1. The maximum Gasteiger partial charge on any atom is 0.305 e. The predicted molar refractivity (Wildman–Crippen MR) is 79.6 cm³/mol. The molecule has 0 bridgehead atoms. The monoisotopic (exact) mass is 323 g/mol. The van der Waals surface area contributed by atoms with Crippen molar-refractivity contribution in [3.05, 3.63) is 60.4 Å². The van der Waals surface area contributed by atoms with Crippen LogP contribution in [0.15, 0.2) is 59.5 Å². The van der Waals surface area contributed by atoms with E-state index in [9.17, 15) is 17.6 Å². The van der Waals surface area contributed by atoms with Crippen molar-refractivity contribution in [2.75, 3.05) is 10.8 Å².